The summed E-state index contributed by atoms with van der Waals surface area (Å²) in [5.74, 6) is 0.229. The number of aromatic amines is 1. The number of nitriles is 1. The average Bonchev–Trinajstić information content (AvgIpc) is 3.65. The molecule has 2 aromatic heterocycles. The van der Waals surface area contributed by atoms with E-state index in [1.165, 1.54) is 0 Å². The first-order valence-corrected chi connectivity index (χ1v) is 14.6. The molecule has 204 valence electrons. The summed E-state index contributed by atoms with van der Waals surface area (Å²) in [6.45, 7) is 3.56. The standard InChI is InChI=1S/C31H28Cl2FN5O/c1-15-21-12-24(30-18-10-19(14-36-13-18)39(30)31(40)16-7-8-16)38-28(21)22-11-17(4-3-9-35)25(27(34)29(22)37-15)20-5-2-6-23(32)26(20)33/h2,5-6,11-12,16,18-19,30,36,38H,3-4,7-8,10,13-14H2,1H3. The van der Waals surface area contributed by atoms with Crippen molar-refractivity contribution < 1.29 is 9.18 Å². The number of aromatic nitrogens is 2. The first-order chi connectivity index (χ1) is 19.4. The number of hydrogen-bond donors (Lipinski definition) is 2. The van der Waals surface area contributed by atoms with Gasteiger partial charge in [-0.3, -0.25) is 4.79 Å². The number of halogens is 3. The van der Waals surface area contributed by atoms with Crippen LogP contribution in [0.4, 0.5) is 4.39 Å². The average molecular weight is 577 g/mol. The highest BCUT2D eigenvalue weighted by Gasteiger charge is 2.50. The topological polar surface area (TPSA) is 84.8 Å². The van der Waals surface area contributed by atoms with E-state index in [-0.39, 0.29) is 40.9 Å². The molecular formula is C31H28Cl2FN5O. The van der Waals surface area contributed by atoms with Gasteiger partial charge in [-0.15, -0.1) is 0 Å². The third kappa shape index (κ3) is 4.00. The molecule has 1 saturated carbocycles. The van der Waals surface area contributed by atoms with Crippen molar-refractivity contribution in [2.24, 2.45) is 11.8 Å². The van der Waals surface area contributed by atoms with Gasteiger partial charge in [0.05, 0.1) is 27.7 Å². The van der Waals surface area contributed by atoms with Crippen LogP contribution in [0.5, 0.6) is 0 Å². The van der Waals surface area contributed by atoms with Gasteiger partial charge in [0.1, 0.15) is 5.52 Å². The highest BCUT2D eigenvalue weighted by atomic mass is 35.5. The predicted octanol–water partition coefficient (Wildman–Crippen LogP) is 6.87. The number of nitrogens with one attached hydrogen (secondary N) is 2. The smallest absolute Gasteiger partial charge is 0.226 e. The number of amides is 1. The number of fused-ring (bicyclic) bond motifs is 5. The molecule has 4 aromatic rings. The summed E-state index contributed by atoms with van der Waals surface area (Å²) in [6, 6.07) is 11.5. The molecule has 40 heavy (non-hydrogen) atoms. The molecule has 3 unspecified atom stereocenters. The number of hydrogen-bond acceptors (Lipinski definition) is 4. The molecule has 3 atom stereocenters. The number of H-pyrrole nitrogens is 1. The summed E-state index contributed by atoms with van der Waals surface area (Å²) in [6.07, 6.45) is 3.51. The van der Waals surface area contributed by atoms with E-state index in [2.05, 4.69) is 27.3 Å². The van der Waals surface area contributed by atoms with Crippen LogP contribution in [-0.4, -0.2) is 39.9 Å². The Hall–Kier alpha value is -3.18. The van der Waals surface area contributed by atoms with Crippen molar-refractivity contribution in [3.8, 4) is 17.2 Å². The van der Waals surface area contributed by atoms with Crippen LogP contribution in [0, 0.1) is 35.9 Å². The molecular weight excluding hydrogens is 548 g/mol. The molecule has 3 aliphatic rings. The summed E-state index contributed by atoms with van der Waals surface area (Å²) in [7, 11) is 0. The van der Waals surface area contributed by atoms with Gasteiger partial charge in [-0.1, -0.05) is 35.3 Å². The lowest BCUT2D eigenvalue weighted by molar-refractivity contribution is -0.135. The van der Waals surface area contributed by atoms with Crippen molar-refractivity contribution in [3.05, 3.63) is 63.1 Å². The van der Waals surface area contributed by atoms with E-state index >= 15 is 4.39 Å². The molecule has 2 aromatic carbocycles. The van der Waals surface area contributed by atoms with Crippen molar-refractivity contribution in [2.45, 2.75) is 51.1 Å². The Labute approximate surface area is 241 Å². The Morgan fingerprint density at radius 2 is 2.05 bits per heavy atom. The minimum absolute atomic E-state index is 0.0533. The van der Waals surface area contributed by atoms with Crippen LogP contribution in [0.25, 0.3) is 32.9 Å². The first kappa shape index (κ1) is 25.8. The van der Waals surface area contributed by atoms with E-state index in [1.807, 2.05) is 13.0 Å². The van der Waals surface area contributed by atoms with Crippen LogP contribution in [0.15, 0.2) is 30.3 Å². The number of benzene rings is 2. The van der Waals surface area contributed by atoms with E-state index < -0.39 is 5.82 Å². The van der Waals surface area contributed by atoms with E-state index in [9.17, 15) is 10.1 Å². The lowest BCUT2D eigenvalue weighted by Crippen LogP contribution is -2.42. The molecule has 1 amide bonds. The van der Waals surface area contributed by atoms with Crippen LogP contribution in [0.2, 0.25) is 10.0 Å². The van der Waals surface area contributed by atoms with Gasteiger partial charge >= 0.3 is 0 Å². The predicted molar refractivity (Wildman–Crippen MR) is 155 cm³/mol. The van der Waals surface area contributed by atoms with Crippen molar-refractivity contribution >= 4 is 50.9 Å². The summed E-state index contributed by atoms with van der Waals surface area (Å²) in [4.78, 5) is 23.9. The lowest BCUT2D eigenvalue weighted by Gasteiger charge is -2.29. The Morgan fingerprint density at radius 1 is 1.23 bits per heavy atom. The normalized spacial score (nSPS) is 22.3. The van der Waals surface area contributed by atoms with Crippen LogP contribution in [0.1, 0.15) is 48.7 Å². The molecule has 2 saturated heterocycles. The number of aryl methyl sites for hydroxylation is 2. The monoisotopic (exact) mass is 575 g/mol. The van der Waals surface area contributed by atoms with Crippen molar-refractivity contribution in [2.75, 3.05) is 13.1 Å². The van der Waals surface area contributed by atoms with E-state index in [1.54, 1.807) is 18.2 Å². The Bertz CT molecular complexity index is 1740. The van der Waals surface area contributed by atoms with Crippen molar-refractivity contribution in [1.29, 1.82) is 5.26 Å². The molecule has 0 spiro atoms. The van der Waals surface area contributed by atoms with Gasteiger partial charge in [-0.2, -0.15) is 5.26 Å². The van der Waals surface area contributed by atoms with Crippen LogP contribution in [0.3, 0.4) is 0 Å². The van der Waals surface area contributed by atoms with Gasteiger partial charge in [0.2, 0.25) is 5.91 Å². The zero-order chi connectivity index (χ0) is 27.7. The molecule has 1 aliphatic carbocycles. The second kappa shape index (κ2) is 9.73. The molecule has 2 aliphatic heterocycles. The molecule has 6 nitrogen and oxygen atoms in total. The summed E-state index contributed by atoms with van der Waals surface area (Å²) >= 11 is 12.8. The second-order valence-corrected chi connectivity index (χ2v) is 12.1. The van der Waals surface area contributed by atoms with Gasteiger partial charge in [-0.25, -0.2) is 9.37 Å². The van der Waals surface area contributed by atoms with E-state index in [0.29, 0.717) is 45.1 Å². The number of likely N-dealkylation sites (tertiary alicyclic amines) is 1. The fourth-order valence-electron chi connectivity index (χ4n) is 6.85. The Balaban J connectivity index is 1.43. The number of carbonyl (C=O) groups excluding carboxylic acids is 1. The fraction of sp³-hybridized carbons (Fsp3) is 0.387. The molecule has 2 N–H and O–H groups in total. The zero-order valence-electron chi connectivity index (χ0n) is 22.0. The number of piperidine rings is 1. The van der Waals surface area contributed by atoms with Gasteiger partial charge in [0.15, 0.2) is 5.82 Å². The minimum atomic E-state index is -0.484. The van der Waals surface area contributed by atoms with E-state index in [0.717, 1.165) is 48.9 Å². The number of carbonyl (C=O) groups is 1. The molecule has 4 heterocycles. The molecule has 7 rings (SSSR count). The van der Waals surface area contributed by atoms with Crippen molar-refractivity contribution in [1.82, 2.24) is 20.2 Å². The number of pyridine rings is 1. The quantitative estimate of drug-likeness (QED) is 0.272. The molecule has 2 bridgehead atoms. The van der Waals surface area contributed by atoms with Gasteiger partial charge in [-0.05, 0) is 62.3 Å². The maximum absolute atomic E-state index is 16.5. The highest BCUT2D eigenvalue weighted by molar-refractivity contribution is 6.43. The second-order valence-electron chi connectivity index (χ2n) is 11.4. The van der Waals surface area contributed by atoms with Gasteiger partial charge in [0.25, 0.3) is 0 Å². The summed E-state index contributed by atoms with van der Waals surface area (Å²) in [5, 5.41) is 15.0. The molecule has 0 radical (unpaired) electrons. The van der Waals surface area contributed by atoms with Gasteiger partial charge < -0.3 is 15.2 Å². The maximum atomic E-state index is 16.5. The van der Waals surface area contributed by atoms with E-state index in [4.69, 9.17) is 28.2 Å². The minimum Gasteiger partial charge on any atom is -0.356 e. The van der Waals surface area contributed by atoms with Crippen molar-refractivity contribution in [3.63, 3.8) is 0 Å². The fourth-order valence-corrected chi connectivity index (χ4v) is 7.24. The summed E-state index contributed by atoms with van der Waals surface area (Å²) in [5.41, 5.74) is 4.19. The SMILES string of the molecule is Cc1nc2c(F)c(-c3cccc(Cl)c3Cl)c(CCC#N)cc2c2[nH]c(C3C4CNCC(C4)N3C(=O)C3CC3)cc12. The van der Waals surface area contributed by atoms with Crippen LogP contribution in [-0.2, 0) is 11.2 Å². The summed E-state index contributed by atoms with van der Waals surface area (Å²) < 4.78 is 16.5. The number of rotatable bonds is 5. The first-order valence-electron chi connectivity index (χ1n) is 13.9. The highest BCUT2D eigenvalue weighted by Crippen LogP contribution is 2.47. The van der Waals surface area contributed by atoms with Crippen LogP contribution < -0.4 is 5.32 Å². The molecule has 3 fully saturated rings. The van der Waals surface area contributed by atoms with Crippen LogP contribution >= 0.6 is 23.2 Å². The number of nitrogens with zero attached hydrogens (tertiary/aromatic N) is 3. The largest absolute Gasteiger partial charge is 0.356 e. The zero-order valence-corrected chi connectivity index (χ0v) is 23.5. The lowest BCUT2D eigenvalue weighted by atomic mass is 9.93. The third-order valence-electron chi connectivity index (χ3n) is 8.83. The maximum Gasteiger partial charge on any atom is 0.226 e. The molecule has 9 heteroatoms. The van der Waals surface area contributed by atoms with Gasteiger partial charge in [0, 0.05) is 64.8 Å². The Kier molecular flexibility index (Phi) is 6.27. The third-order valence-corrected chi connectivity index (χ3v) is 9.65. The Morgan fingerprint density at radius 3 is 2.83 bits per heavy atom.